The third kappa shape index (κ3) is 7.17. The molecule has 6 amide bonds. The molecule has 1 unspecified atom stereocenters. The van der Waals surface area contributed by atoms with E-state index >= 15 is 4.39 Å². The van der Waals surface area contributed by atoms with Crippen LogP contribution < -0.4 is 29.7 Å². The minimum Gasteiger partial charge on any atom is -0.506 e. The number of benzene rings is 3. The summed E-state index contributed by atoms with van der Waals surface area (Å²) in [6, 6.07) is 9.95. The second kappa shape index (κ2) is 14.4. The van der Waals surface area contributed by atoms with Gasteiger partial charge in [-0.3, -0.25) is 34.1 Å². The number of fused-ring (bicyclic) bond motifs is 2. The number of imide groups is 1. The first-order valence-electron chi connectivity index (χ1n) is 17.3. The number of phenols is 1. The Kier molecular flexibility index (Phi) is 9.73. The fraction of sp³-hybridized carbons (Fsp3) is 0.371. The minimum absolute atomic E-state index is 0.00712. The van der Waals surface area contributed by atoms with Gasteiger partial charge in [-0.15, -0.1) is 0 Å². The Labute approximate surface area is 307 Å². The van der Waals surface area contributed by atoms with Crippen LogP contribution in [0.25, 0.3) is 10.8 Å². The lowest BCUT2D eigenvalue weighted by molar-refractivity contribution is -0.137. The van der Waals surface area contributed by atoms with Crippen molar-refractivity contribution in [2.24, 2.45) is 5.92 Å². The largest absolute Gasteiger partial charge is 0.506 e. The van der Waals surface area contributed by atoms with E-state index in [1.54, 1.807) is 27.8 Å². The van der Waals surface area contributed by atoms with E-state index < -0.39 is 51.9 Å². The first-order valence-corrected chi connectivity index (χ1v) is 18.7. The summed E-state index contributed by atoms with van der Waals surface area (Å²) in [5, 5.41) is 18.8. The number of likely N-dealkylation sites (tertiary alicyclic amines) is 1. The molecule has 4 aliphatic rings. The Morgan fingerprint density at radius 1 is 0.981 bits per heavy atom. The summed E-state index contributed by atoms with van der Waals surface area (Å²) in [5.74, 6) is -4.10. The molecule has 19 heteroatoms. The number of carbonyl (C=O) groups excluding carboxylic acids is 6. The Hall–Kier alpha value is -5.98. The summed E-state index contributed by atoms with van der Waals surface area (Å²) in [6.07, 6.45) is 1.36. The molecule has 3 fully saturated rings. The van der Waals surface area contributed by atoms with Crippen LogP contribution in [0.2, 0.25) is 0 Å². The van der Waals surface area contributed by atoms with Gasteiger partial charge in [0.25, 0.3) is 11.8 Å². The fourth-order valence-electron chi connectivity index (χ4n) is 7.13. The molecule has 54 heavy (non-hydrogen) atoms. The van der Waals surface area contributed by atoms with Crippen molar-refractivity contribution in [3.8, 4) is 11.5 Å². The van der Waals surface area contributed by atoms with E-state index in [1.807, 2.05) is 0 Å². The van der Waals surface area contributed by atoms with Gasteiger partial charge in [0.1, 0.15) is 36.4 Å². The Balaban J connectivity index is 0.850. The number of anilines is 2. The molecule has 3 saturated heterocycles. The van der Waals surface area contributed by atoms with E-state index in [4.69, 9.17) is 4.74 Å². The minimum atomic E-state index is -4.36. The molecule has 0 aromatic heterocycles. The number of halogens is 1. The number of aromatic hydroxyl groups is 1. The van der Waals surface area contributed by atoms with E-state index in [-0.39, 0.29) is 85.2 Å². The lowest BCUT2D eigenvalue weighted by Crippen LogP contribution is -2.52. The van der Waals surface area contributed by atoms with Crippen LogP contribution in [-0.2, 0) is 40.7 Å². The van der Waals surface area contributed by atoms with Crippen LogP contribution >= 0.6 is 0 Å². The number of amides is 6. The maximum atomic E-state index is 15.5. The van der Waals surface area contributed by atoms with Gasteiger partial charge < -0.3 is 30.3 Å². The van der Waals surface area contributed by atoms with Crippen LogP contribution in [0.4, 0.5) is 15.8 Å². The van der Waals surface area contributed by atoms with Crippen LogP contribution in [0, 0.1) is 11.7 Å². The number of nitrogens with zero attached hydrogens (tertiary/aromatic N) is 3. The summed E-state index contributed by atoms with van der Waals surface area (Å²) in [6.45, 7) is 0.499. The zero-order valence-electron chi connectivity index (χ0n) is 28.7. The Morgan fingerprint density at radius 2 is 1.76 bits per heavy atom. The Bertz CT molecular complexity index is 2210. The molecule has 0 saturated carbocycles. The van der Waals surface area contributed by atoms with Crippen LogP contribution in [0.3, 0.4) is 0 Å². The number of hydrogen-bond acceptors (Lipinski definition) is 11. The van der Waals surface area contributed by atoms with Crippen molar-refractivity contribution in [2.45, 2.75) is 38.3 Å². The SMILES string of the molecule is O=C1CCC(N2Cc3cc(NCC(=O)N4CCC(C(=O)NCCOc5ccc6cc(O)c(N7CC(=O)NS7(=O)=O)c(F)c6c5)CC4)ccc3C2=O)C(=O)N1. The summed E-state index contributed by atoms with van der Waals surface area (Å²) >= 11 is 0. The van der Waals surface area contributed by atoms with Gasteiger partial charge in [-0.1, -0.05) is 6.07 Å². The van der Waals surface area contributed by atoms with Crippen molar-refractivity contribution in [3.05, 3.63) is 59.4 Å². The molecule has 0 bridgehead atoms. The highest BCUT2D eigenvalue weighted by Gasteiger charge is 2.40. The molecule has 4 heterocycles. The van der Waals surface area contributed by atoms with Crippen molar-refractivity contribution >= 4 is 67.8 Å². The van der Waals surface area contributed by atoms with Crippen molar-refractivity contribution < 1.29 is 51.4 Å². The predicted octanol–water partition coefficient (Wildman–Crippen LogP) is 0.472. The third-order valence-electron chi connectivity index (χ3n) is 9.93. The lowest BCUT2D eigenvalue weighted by Gasteiger charge is -2.31. The molecule has 284 valence electrons. The lowest BCUT2D eigenvalue weighted by atomic mass is 9.96. The summed E-state index contributed by atoms with van der Waals surface area (Å²) in [7, 11) is -4.36. The van der Waals surface area contributed by atoms with Crippen LogP contribution in [0.1, 0.15) is 41.6 Å². The molecule has 5 N–H and O–H groups in total. The van der Waals surface area contributed by atoms with Crippen molar-refractivity contribution in [2.75, 3.05) is 49.0 Å². The summed E-state index contributed by atoms with van der Waals surface area (Å²) < 4.78 is 47.9. The van der Waals surface area contributed by atoms with Gasteiger partial charge in [0.15, 0.2) is 5.82 Å². The maximum Gasteiger partial charge on any atom is 0.326 e. The number of nitrogens with one attached hydrogen (secondary N) is 4. The van der Waals surface area contributed by atoms with Crippen LogP contribution in [0.15, 0.2) is 42.5 Å². The molecular formula is C35H36FN7O10S. The molecule has 0 spiro atoms. The normalized spacial score (nSPS) is 19.8. The fourth-order valence-corrected chi connectivity index (χ4v) is 8.30. The number of carbonyl (C=O) groups is 6. The molecule has 0 radical (unpaired) electrons. The molecule has 0 aliphatic carbocycles. The van der Waals surface area contributed by atoms with Gasteiger partial charge in [0.05, 0.1) is 13.1 Å². The number of piperidine rings is 2. The molecule has 17 nitrogen and oxygen atoms in total. The van der Waals surface area contributed by atoms with E-state index in [0.717, 1.165) is 5.56 Å². The average molecular weight is 766 g/mol. The number of ether oxygens (including phenoxy) is 1. The van der Waals surface area contributed by atoms with Gasteiger partial charge in [0.2, 0.25) is 23.6 Å². The number of phenolic OH excluding ortho intramolecular Hbond substituents is 1. The smallest absolute Gasteiger partial charge is 0.326 e. The van der Waals surface area contributed by atoms with E-state index in [1.165, 1.54) is 29.2 Å². The van der Waals surface area contributed by atoms with Gasteiger partial charge in [0, 0.05) is 48.6 Å². The predicted molar refractivity (Wildman–Crippen MR) is 189 cm³/mol. The Morgan fingerprint density at radius 3 is 2.48 bits per heavy atom. The second-order valence-corrected chi connectivity index (χ2v) is 15.0. The highest BCUT2D eigenvalue weighted by Crippen LogP contribution is 2.39. The summed E-state index contributed by atoms with van der Waals surface area (Å²) in [5.41, 5.74) is 1.17. The highest BCUT2D eigenvalue weighted by atomic mass is 32.2. The molecule has 4 aliphatic heterocycles. The van der Waals surface area contributed by atoms with Gasteiger partial charge in [-0.05, 0) is 66.6 Å². The topological polar surface area (TPSA) is 224 Å². The van der Waals surface area contributed by atoms with Crippen molar-refractivity contribution in [1.82, 2.24) is 25.2 Å². The zero-order valence-corrected chi connectivity index (χ0v) is 29.5. The van der Waals surface area contributed by atoms with Crippen LogP contribution in [-0.4, -0.2) is 104 Å². The number of hydrogen-bond donors (Lipinski definition) is 5. The van der Waals surface area contributed by atoms with Gasteiger partial charge in [-0.25, -0.2) is 13.4 Å². The van der Waals surface area contributed by atoms with Gasteiger partial charge in [-0.2, -0.15) is 8.42 Å². The number of rotatable bonds is 10. The van der Waals surface area contributed by atoms with Crippen molar-refractivity contribution in [3.63, 3.8) is 0 Å². The molecular weight excluding hydrogens is 729 g/mol. The highest BCUT2D eigenvalue weighted by molar-refractivity contribution is 7.92. The second-order valence-electron chi connectivity index (χ2n) is 13.4. The summed E-state index contributed by atoms with van der Waals surface area (Å²) in [4.78, 5) is 77.4. The quantitative estimate of drug-likeness (QED) is 0.141. The average Bonchev–Trinajstić information content (AvgIpc) is 3.61. The monoisotopic (exact) mass is 765 g/mol. The molecule has 3 aromatic rings. The first kappa shape index (κ1) is 36.4. The van der Waals surface area contributed by atoms with Crippen molar-refractivity contribution in [1.29, 1.82) is 0 Å². The van der Waals surface area contributed by atoms with Gasteiger partial charge >= 0.3 is 10.2 Å². The van der Waals surface area contributed by atoms with E-state index in [0.29, 0.717) is 41.5 Å². The van der Waals surface area contributed by atoms with E-state index in [9.17, 15) is 42.3 Å². The first-order chi connectivity index (χ1) is 25.8. The molecule has 3 aromatic carbocycles. The zero-order chi connectivity index (χ0) is 38.3. The molecule has 7 rings (SSSR count). The maximum absolute atomic E-state index is 15.5. The molecule has 1 atom stereocenters. The standard InChI is InChI=1S/C35H36FN7O10S/c36-31-25-15-23(3-1-20(25)14-27(44)32(31)43-18-29(46)40-54(43,51)52)53-12-9-37-33(48)19-7-10-41(11-8-19)30(47)16-38-22-2-4-24-21(13-22)17-42(35(24)50)26-5-6-28(45)39-34(26)49/h1-4,13-15,19,26,38,44H,5-12,16-18H2,(H,37,48)(H,40,46)(H,39,45,49). The van der Waals surface area contributed by atoms with Crippen LogP contribution in [0.5, 0.6) is 11.5 Å². The van der Waals surface area contributed by atoms with E-state index in [2.05, 4.69) is 16.0 Å². The third-order valence-corrected chi connectivity index (χ3v) is 11.3.